The first kappa shape index (κ1) is 21.0. The van der Waals surface area contributed by atoms with Crippen LogP contribution in [0.3, 0.4) is 0 Å². The van der Waals surface area contributed by atoms with E-state index in [9.17, 15) is 18.8 Å². The molecule has 1 fully saturated rings. The molecule has 0 radical (unpaired) electrons. The standard InChI is InChI=1S/C22H22FN3O4S/c1-2-30-22(29)25-10-8-16(9-11-25)26-20(27)18(17-7-4-12-31-17)19(21(26)28)24-15-6-3-5-14(23)13-15/h3-7,12-13,16,24H,2,8-11H2,1H3. The molecule has 0 aliphatic carbocycles. The van der Waals surface area contributed by atoms with Crippen molar-refractivity contribution in [2.24, 2.45) is 0 Å². The lowest BCUT2D eigenvalue weighted by molar-refractivity contribution is -0.140. The fourth-order valence-corrected chi connectivity index (χ4v) is 4.64. The van der Waals surface area contributed by atoms with Gasteiger partial charge < -0.3 is 15.0 Å². The molecule has 0 atom stereocenters. The maximum absolute atomic E-state index is 13.7. The van der Waals surface area contributed by atoms with Crippen LogP contribution in [0.4, 0.5) is 14.9 Å². The fraction of sp³-hybridized carbons (Fsp3) is 0.318. The molecule has 2 aliphatic heterocycles. The minimum atomic E-state index is -0.441. The van der Waals surface area contributed by atoms with Crippen molar-refractivity contribution in [2.75, 3.05) is 25.0 Å². The summed E-state index contributed by atoms with van der Waals surface area (Å²) in [7, 11) is 0. The molecule has 7 nitrogen and oxygen atoms in total. The summed E-state index contributed by atoms with van der Waals surface area (Å²) in [5, 5.41) is 4.80. The van der Waals surface area contributed by atoms with Gasteiger partial charge in [0.05, 0.1) is 12.2 Å². The third-order valence-electron chi connectivity index (χ3n) is 5.33. The lowest BCUT2D eigenvalue weighted by Gasteiger charge is -2.35. The number of anilines is 1. The Labute approximate surface area is 183 Å². The van der Waals surface area contributed by atoms with Crippen LogP contribution in [0.1, 0.15) is 24.6 Å². The molecule has 3 amide bonds. The monoisotopic (exact) mass is 443 g/mol. The maximum Gasteiger partial charge on any atom is 0.409 e. The molecule has 4 rings (SSSR count). The largest absolute Gasteiger partial charge is 0.450 e. The van der Waals surface area contributed by atoms with Crippen LogP contribution >= 0.6 is 11.3 Å². The normalized spacial score (nSPS) is 17.5. The quantitative estimate of drug-likeness (QED) is 0.713. The Bertz CT molecular complexity index is 1030. The van der Waals surface area contributed by atoms with E-state index in [-0.39, 0.29) is 29.3 Å². The SMILES string of the molecule is CCOC(=O)N1CCC(N2C(=O)C(Nc3cccc(F)c3)=C(c3cccs3)C2=O)CC1. The van der Waals surface area contributed by atoms with E-state index >= 15 is 0 Å². The van der Waals surface area contributed by atoms with Crippen molar-refractivity contribution >= 4 is 40.5 Å². The van der Waals surface area contributed by atoms with Gasteiger partial charge >= 0.3 is 6.09 Å². The summed E-state index contributed by atoms with van der Waals surface area (Å²) >= 11 is 1.36. The van der Waals surface area contributed by atoms with Crippen LogP contribution in [0.15, 0.2) is 47.5 Å². The third kappa shape index (κ3) is 4.18. The molecule has 9 heteroatoms. The van der Waals surface area contributed by atoms with Gasteiger partial charge in [0.2, 0.25) is 0 Å². The molecular weight excluding hydrogens is 421 g/mol. The number of hydrogen-bond donors (Lipinski definition) is 1. The average Bonchev–Trinajstić information content (AvgIpc) is 3.35. The van der Waals surface area contributed by atoms with E-state index in [0.29, 0.717) is 43.1 Å². The predicted molar refractivity (Wildman–Crippen MR) is 115 cm³/mol. The molecule has 1 saturated heterocycles. The molecule has 2 aromatic rings. The van der Waals surface area contributed by atoms with Crippen molar-refractivity contribution in [1.29, 1.82) is 0 Å². The van der Waals surface area contributed by atoms with E-state index in [0.717, 1.165) is 0 Å². The molecule has 1 aromatic carbocycles. The smallest absolute Gasteiger partial charge is 0.409 e. The second kappa shape index (κ2) is 8.89. The highest BCUT2D eigenvalue weighted by Gasteiger charge is 2.44. The van der Waals surface area contributed by atoms with Gasteiger partial charge in [-0.1, -0.05) is 12.1 Å². The number of hydrogen-bond acceptors (Lipinski definition) is 6. The Morgan fingerprint density at radius 2 is 1.97 bits per heavy atom. The molecule has 0 unspecified atom stereocenters. The number of imide groups is 1. The zero-order valence-corrected chi connectivity index (χ0v) is 17.8. The molecule has 0 bridgehead atoms. The number of halogens is 1. The zero-order valence-electron chi connectivity index (χ0n) is 17.0. The van der Waals surface area contributed by atoms with Gasteiger partial charge in [0.25, 0.3) is 11.8 Å². The number of thiophene rings is 1. The van der Waals surface area contributed by atoms with Crippen molar-refractivity contribution in [1.82, 2.24) is 9.80 Å². The first-order valence-electron chi connectivity index (χ1n) is 10.1. The second-order valence-electron chi connectivity index (χ2n) is 7.26. The van der Waals surface area contributed by atoms with Gasteiger partial charge in [-0.15, -0.1) is 11.3 Å². The summed E-state index contributed by atoms with van der Waals surface area (Å²) in [6, 6.07) is 9.03. The van der Waals surface area contributed by atoms with Gasteiger partial charge in [-0.05, 0) is 49.4 Å². The highest BCUT2D eigenvalue weighted by atomic mass is 32.1. The Morgan fingerprint density at radius 3 is 2.61 bits per heavy atom. The van der Waals surface area contributed by atoms with Crippen LogP contribution in [-0.4, -0.2) is 53.4 Å². The predicted octanol–water partition coefficient (Wildman–Crippen LogP) is 3.70. The first-order chi connectivity index (χ1) is 15.0. The topological polar surface area (TPSA) is 79.0 Å². The van der Waals surface area contributed by atoms with Crippen molar-refractivity contribution < 1.29 is 23.5 Å². The van der Waals surface area contributed by atoms with Gasteiger partial charge in [-0.2, -0.15) is 0 Å². The van der Waals surface area contributed by atoms with Crippen LogP contribution in [0, 0.1) is 5.82 Å². The van der Waals surface area contributed by atoms with E-state index in [1.54, 1.807) is 24.0 Å². The second-order valence-corrected chi connectivity index (χ2v) is 8.21. The number of nitrogens with one attached hydrogen (secondary N) is 1. The molecule has 31 heavy (non-hydrogen) atoms. The number of carbonyl (C=O) groups is 3. The van der Waals surface area contributed by atoms with Crippen LogP contribution in [-0.2, 0) is 14.3 Å². The Balaban J connectivity index is 1.58. The average molecular weight is 444 g/mol. The molecule has 1 aromatic heterocycles. The van der Waals surface area contributed by atoms with Gasteiger partial charge in [0, 0.05) is 29.7 Å². The summed E-state index contributed by atoms with van der Waals surface area (Å²) in [4.78, 5) is 42.1. The van der Waals surface area contributed by atoms with Crippen LogP contribution < -0.4 is 5.32 Å². The molecule has 0 saturated carbocycles. The van der Waals surface area contributed by atoms with Crippen molar-refractivity contribution in [3.8, 4) is 0 Å². The summed E-state index contributed by atoms with van der Waals surface area (Å²) in [5.74, 6) is -1.25. The first-order valence-corrected chi connectivity index (χ1v) is 11.0. The highest BCUT2D eigenvalue weighted by molar-refractivity contribution is 7.11. The Morgan fingerprint density at radius 1 is 1.19 bits per heavy atom. The zero-order chi connectivity index (χ0) is 22.0. The van der Waals surface area contributed by atoms with Gasteiger partial charge in [-0.25, -0.2) is 9.18 Å². The Hall–Kier alpha value is -3.20. The number of benzene rings is 1. The molecular formula is C22H22FN3O4S. The molecule has 1 N–H and O–H groups in total. The maximum atomic E-state index is 13.7. The van der Waals surface area contributed by atoms with E-state index in [4.69, 9.17) is 4.74 Å². The van der Waals surface area contributed by atoms with Crippen LogP contribution in [0.2, 0.25) is 0 Å². The van der Waals surface area contributed by atoms with Gasteiger partial charge in [0.15, 0.2) is 0 Å². The van der Waals surface area contributed by atoms with Crippen molar-refractivity contribution in [3.05, 3.63) is 58.2 Å². The molecule has 0 spiro atoms. The lowest BCUT2D eigenvalue weighted by Crippen LogP contribution is -2.49. The van der Waals surface area contributed by atoms with E-state index in [1.807, 2.05) is 11.4 Å². The van der Waals surface area contributed by atoms with Crippen molar-refractivity contribution in [2.45, 2.75) is 25.8 Å². The number of nitrogens with zero attached hydrogens (tertiary/aromatic N) is 2. The molecule has 162 valence electrons. The van der Waals surface area contributed by atoms with E-state index < -0.39 is 11.7 Å². The van der Waals surface area contributed by atoms with E-state index in [2.05, 4.69) is 5.32 Å². The highest BCUT2D eigenvalue weighted by Crippen LogP contribution is 2.35. The molecule has 2 aliphatic rings. The van der Waals surface area contributed by atoms with E-state index in [1.165, 1.54) is 34.4 Å². The minimum Gasteiger partial charge on any atom is -0.450 e. The third-order valence-corrected chi connectivity index (χ3v) is 6.22. The number of likely N-dealkylation sites (tertiary alicyclic amines) is 1. The number of ether oxygens (including phenoxy) is 1. The number of amides is 3. The Kier molecular flexibility index (Phi) is 6.03. The van der Waals surface area contributed by atoms with Gasteiger partial charge in [0.1, 0.15) is 11.5 Å². The summed E-state index contributed by atoms with van der Waals surface area (Å²) in [6.07, 6.45) is 0.564. The summed E-state index contributed by atoms with van der Waals surface area (Å²) in [6.45, 7) is 2.85. The summed E-state index contributed by atoms with van der Waals surface area (Å²) in [5.41, 5.74) is 0.826. The van der Waals surface area contributed by atoms with Crippen LogP contribution in [0.5, 0.6) is 0 Å². The lowest BCUT2D eigenvalue weighted by atomic mass is 10.0. The fourth-order valence-electron chi connectivity index (χ4n) is 3.88. The minimum absolute atomic E-state index is 0.144. The number of carbonyl (C=O) groups excluding carboxylic acids is 3. The number of piperidine rings is 1. The molecule has 3 heterocycles. The van der Waals surface area contributed by atoms with Crippen LogP contribution in [0.25, 0.3) is 5.57 Å². The summed E-state index contributed by atoms with van der Waals surface area (Å²) < 4.78 is 18.7. The van der Waals surface area contributed by atoms with Gasteiger partial charge in [-0.3, -0.25) is 14.5 Å². The number of rotatable bonds is 5. The van der Waals surface area contributed by atoms with Crippen molar-refractivity contribution in [3.63, 3.8) is 0 Å².